The number of nitrogens with zero attached hydrogens (tertiary/aromatic N) is 1. The Labute approximate surface area is 118 Å². The Balaban J connectivity index is 2.14. The van der Waals surface area contributed by atoms with Gasteiger partial charge in [0.25, 0.3) is 0 Å². The van der Waals surface area contributed by atoms with Crippen LogP contribution in [0, 0.1) is 0 Å². The van der Waals surface area contributed by atoms with Gasteiger partial charge in [-0.1, -0.05) is 38.1 Å². The largest absolute Gasteiger partial charge is 0.330 e. The van der Waals surface area contributed by atoms with E-state index in [1.54, 1.807) is 0 Å². The fraction of sp³-hybridized carbons (Fsp3) is 0.438. The predicted molar refractivity (Wildman–Crippen MR) is 81.7 cm³/mol. The van der Waals surface area contributed by atoms with Crippen LogP contribution in [0.5, 0.6) is 0 Å². The lowest BCUT2D eigenvalue weighted by molar-refractivity contribution is 0.536. The molecule has 0 atom stereocenters. The Hall–Kier alpha value is -1.19. The Morgan fingerprint density at radius 1 is 1.26 bits per heavy atom. The van der Waals surface area contributed by atoms with Gasteiger partial charge in [-0.2, -0.15) is 0 Å². The second-order valence-electron chi connectivity index (χ2n) is 5.89. The summed E-state index contributed by atoms with van der Waals surface area (Å²) in [6, 6.07) is 8.68. The highest BCUT2D eigenvalue weighted by Crippen LogP contribution is 2.38. The van der Waals surface area contributed by atoms with Gasteiger partial charge in [0.1, 0.15) is 5.01 Å². The second kappa shape index (κ2) is 4.73. The zero-order valence-electron chi connectivity index (χ0n) is 11.6. The summed E-state index contributed by atoms with van der Waals surface area (Å²) in [5.41, 5.74) is 9.83. The van der Waals surface area contributed by atoms with Crippen molar-refractivity contribution in [1.82, 2.24) is 4.98 Å². The van der Waals surface area contributed by atoms with E-state index >= 15 is 0 Å². The topological polar surface area (TPSA) is 38.9 Å². The SMILES string of the molecule is CC(C)(CN)c1nc2c(s1)CCCc1ccccc1-2. The van der Waals surface area contributed by atoms with Crippen LogP contribution in [0.3, 0.4) is 0 Å². The normalized spacial score (nSPS) is 14.7. The lowest BCUT2D eigenvalue weighted by atomic mass is 9.95. The molecular formula is C16H20N2S. The minimum Gasteiger partial charge on any atom is -0.330 e. The van der Waals surface area contributed by atoms with E-state index in [0.717, 1.165) is 12.8 Å². The average Bonchev–Trinajstić information content (AvgIpc) is 2.77. The number of benzene rings is 1. The first kappa shape index (κ1) is 12.8. The summed E-state index contributed by atoms with van der Waals surface area (Å²) >= 11 is 1.85. The number of fused-ring (bicyclic) bond motifs is 3. The van der Waals surface area contributed by atoms with Gasteiger partial charge in [0.15, 0.2) is 0 Å². The van der Waals surface area contributed by atoms with Crippen molar-refractivity contribution in [2.75, 3.05) is 6.54 Å². The van der Waals surface area contributed by atoms with Gasteiger partial charge in [0, 0.05) is 22.4 Å². The average molecular weight is 272 g/mol. The van der Waals surface area contributed by atoms with Crippen LogP contribution >= 0.6 is 11.3 Å². The Morgan fingerprint density at radius 3 is 2.84 bits per heavy atom. The molecule has 1 aliphatic rings. The van der Waals surface area contributed by atoms with Gasteiger partial charge in [-0.25, -0.2) is 4.98 Å². The quantitative estimate of drug-likeness (QED) is 0.908. The molecule has 0 radical (unpaired) electrons. The summed E-state index contributed by atoms with van der Waals surface area (Å²) in [4.78, 5) is 6.37. The molecule has 2 aromatic rings. The molecule has 0 fully saturated rings. The molecule has 3 rings (SSSR count). The predicted octanol–water partition coefficient (Wildman–Crippen LogP) is 3.54. The second-order valence-corrected chi connectivity index (χ2v) is 6.97. The van der Waals surface area contributed by atoms with Crippen LogP contribution in [0.2, 0.25) is 0 Å². The maximum absolute atomic E-state index is 5.89. The molecule has 100 valence electrons. The summed E-state index contributed by atoms with van der Waals surface area (Å²) in [7, 11) is 0. The maximum atomic E-state index is 5.89. The molecule has 1 aromatic heterocycles. The molecule has 0 amide bonds. The van der Waals surface area contributed by atoms with E-state index < -0.39 is 0 Å². The molecule has 0 aliphatic heterocycles. The summed E-state index contributed by atoms with van der Waals surface area (Å²) in [6.07, 6.45) is 3.52. The zero-order chi connectivity index (χ0) is 13.5. The summed E-state index contributed by atoms with van der Waals surface area (Å²) in [6.45, 7) is 5.00. The van der Waals surface area contributed by atoms with Crippen LogP contribution in [-0.2, 0) is 18.3 Å². The van der Waals surface area contributed by atoms with Crippen molar-refractivity contribution in [1.29, 1.82) is 0 Å². The third kappa shape index (κ3) is 2.21. The Bertz CT molecular complexity index is 599. The van der Waals surface area contributed by atoms with Crippen molar-refractivity contribution in [3.63, 3.8) is 0 Å². The highest BCUT2D eigenvalue weighted by molar-refractivity contribution is 7.12. The molecule has 0 bridgehead atoms. The number of hydrogen-bond donors (Lipinski definition) is 1. The van der Waals surface area contributed by atoms with E-state index in [1.807, 2.05) is 11.3 Å². The van der Waals surface area contributed by atoms with Gasteiger partial charge >= 0.3 is 0 Å². The summed E-state index contributed by atoms with van der Waals surface area (Å²) in [5, 5.41) is 1.18. The molecule has 2 nitrogen and oxygen atoms in total. The number of hydrogen-bond acceptors (Lipinski definition) is 3. The van der Waals surface area contributed by atoms with Crippen molar-refractivity contribution in [2.24, 2.45) is 5.73 Å². The Kier molecular flexibility index (Phi) is 3.19. The summed E-state index contributed by atoms with van der Waals surface area (Å²) < 4.78 is 0. The van der Waals surface area contributed by atoms with Crippen LogP contribution in [0.15, 0.2) is 24.3 Å². The molecule has 1 aromatic carbocycles. The van der Waals surface area contributed by atoms with Crippen molar-refractivity contribution in [2.45, 2.75) is 38.5 Å². The third-order valence-electron chi connectivity index (χ3n) is 3.91. The lowest BCUT2D eigenvalue weighted by Crippen LogP contribution is -2.27. The first-order chi connectivity index (χ1) is 9.12. The number of aryl methyl sites for hydroxylation is 2. The van der Waals surface area contributed by atoms with E-state index in [9.17, 15) is 0 Å². The smallest absolute Gasteiger partial charge is 0.100 e. The van der Waals surface area contributed by atoms with E-state index in [4.69, 9.17) is 10.7 Å². The molecule has 0 spiro atoms. The van der Waals surface area contributed by atoms with E-state index in [1.165, 1.54) is 33.1 Å². The first-order valence-electron chi connectivity index (χ1n) is 6.90. The number of rotatable bonds is 2. The van der Waals surface area contributed by atoms with Gasteiger partial charge in [0.05, 0.1) is 5.69 Å². The molecule has 2 N–H and O–H groups in total. The Morgan fingerprint density at radius 2 is 2.05 bits per heavy atom. The molecular weight excluding hydrogens is 252 g/mol. The van der Waals surface area contributed by atoms with Crippen LogP contribution in [0.25, 0.3) is 11.3 Å². The number of nitrogens with two attached hydrogens (primary N) is 1. The van der Waals surface area contributed by atoms with Gasteiger partial charge < -0.3 is 5.73 Å². The van der Waals surface area contributed by atoms with Gasteiger partial charge in [-0.3, -0.25) is 0 Å². The minimum absolute atomic E-state index is 0.0220. The maximum Gasteiger partial charge on any atom is 0.100 e. The van der Waals surface area contributed by atoms with E-state index in [0.29, 0.717) is 6.54 Å². The highest BCUT2D eigenvalue weighted by Gasteiger charge is 2.26. The van der Waals surface area contributed by atoms with Crippen molar-refractivity contribution in [3.05, 3.63) is 39.7 Å². The fourth-order valence-corrected chi connectivity index (χ4v) is 3.75. The molecule has 1 aliphatic carbocycles. The van der Waals surface area contributed by atoms with Crippen LogP contribution < -0.4 is 5.73 Å². The molecule has 19 heavy (non-hydrogen) atoms. The summed E-state index contributed by atoms with van der Waals surface area (Å²) in [5.74, 6) is 0. The van der Waals surface area contributed by atoms with Crippen molar-refractivity contribution >= 4 is 11.3 Å². The molecule has 0 saturated heterocycles. The monoisotopic (exact) mass is 272 g/mol. The van der Waals surface area contributed by atoms with Crippen molar-refractivity contribution < 1.29 is 0 Å². The van der Waals surface area contributed by atoms with Crippen LogP contribution in [0.4, 0.5) is 0 Å². The first-order valence-corrected chi connectivity index (χ1v) is 7.72. The van der Waals surface area contributed by atoms with Crippen LogP contribution in [-0.4, -0.2) is 11.5 Å². The third-order valence-corrected chi connectivity index (χ3v) is 5.39. The van der Waals surface area contributed by atoms with Gasteiger partial charge in [0.2, 0.25) is 0 Å². The zero-order valence-corrected chi connectivity index (χ0v) is 12.4. The minimum atomic E-state index is -0.0220. The lowest BCUT2D eigenvalue weighted by Gasteiger charge is -2.18. The van der Waals surface area contributed by atoms with E-state index in [2.05, 4.69) is 38.1 Å². The van der Waals surface area contributed by atoms with Gasteiger partial charge in [-0.05, 0) is 24.8 Å². The van der Waals surface area contributed by atoms with Crippen LogP contribution in [0.1, 0.15) is 35.7 Å². The molecule has 0 saturated carbocycles. The molecule has 3 heteroatoms. The fourth-order valence-electron chi connectivity index (χ4n) is 2.52. The molecule has 1 heterocycles. The number of aromatic nitrogens is 1. The highest BCUT2D eigenvalue weighted by atomic mass is 32.1. The van der Waals surface area contributed by atoms with Gasteiger partial charge in [-0.15, -0.1) is 11.3 Å². The molecule has 0 unspecified atom stereocenters. The number of thiazole rings is 1. The van der Waals surface area contributed by atoms with Crippen molar-refractivity contribution in [3.8, 4) is 11.3 Å². The standard InChI is InChI=1S/C16H20N2S/c1-16(2,10-17)15-18-14-12-8-4-3-6-11(12)7-5-9-13(14)19-15/h3-4,6,8H,5,7,9-10,17H2,1-2H3. The van der Waals surface area contributed by atoms with E-state index in [-0.39, 0.29) is 5.41 Å².